The average molecular weight is 385 g/mol. The molecule has 0 aliphatic carbocycles. The van der Waals surface area contributed by atoms with E-state index in [2.05, 4.69) is 20.4 Å². The number of unbranched alkanes of at least 4 members (excludes halogenated alkanes) is 5. The maximum atomic E-state index is 12.3. The SMILES string of the molecule is C=C(C)C(=O)OC(CCCCCCC)C(CCCC)C(C)(OCC)OCC. The summed E-state index contributed by atoms with van der Waals surface area (Å²) < 4.78 is 18.0. The Morgan fingerprint density at radius 1 is 0.889 bits per heavy atom. The summed E-state index contributed by atoms with van der Waals surface area (Å²) in [6.07, 6.45) is 9.59. The molecule has 0 radical (unpaired) electrons. The van der Waals surface area contributed by atoms with Crippen LogP contribution in [0.2, 0.25) is 0 Å². The average Bonchev–Trinajstić information content (AvgIpc) is 2.61. The largest absolute Gasteiger partial charge is 0.459 e. The van der Waals surface area contributed by atoms with E-state index in [1.165, 1.54) is 19.3 Å². The molecule has 0 heterocycles. The molecule has 0 spiro atoms. The molecule has 0 aromatic heterocycles. The van der Waals surface area contributed by atoms with Crippen molar-refractivity contribution in [3.63, 3.8) is 0 Å². The van der Waals surface area contributed by atoms with Crippen molar-refractivity contribution in [1.29, 1.82) is 0 Å². The van der Waals surface area contributed by atoms with E-state index in [-0.39, 0.29) is 18.0 Å². The van der Waals surface area contributed by atoms with E-state index in [4.69, 9.17) is 14.2 Å². The molecule has 160 valence electrons. The van der Waals surface area contributed by atoms with Gasteiger partial charge in [0.1, 0.15) is 6.10 Å². The fourth-order valence-electron chi connectivity index (χ4n) is 3.57. The topological polar surface area (TPSA) is 44.8 Å². The quantitative estimate of drug-likeness (QED) is 0.125. The molecule has 0 saturated heterocycles. The highest BCUT2D eigenvalue weighted by Gasteiger charge is 2.42. The van der Waals surface area contributed by atoms with E-state index in [0.717, 1.165) is 38.5 Å². The van der Waals surface area contributed by atoms with E-state index in [9.17, 15) is 4.79 Å². The standard InChI is InChI=1S/C23H44O4/c1-8-12-14-15-16-18-21(27-22(24)19(5)6)20(17-13-9-2)23(7,25-10-3)26-11-4/h20-21H,5,8-18H2,1-4,6-7H3. The number of hydrogen-bond donors (Lipinski definition) is 0. The zero-order valence-electron chi connectivity index (χ0n) is 18.8. The smallest absolute Gasteiger partial charge is 0.333 e. The van der Waals surface area contributed by atoms with Gasteiger partial charge in [0.2, 0.25) is 0 Å². The Bertz CT molecular complexity index is 399. The first kappa shape index (κ1) is 26.1. The van der Waals surface area contributed by atoms with E-state index < -0.39 is 5.79 Å². The first-order chi connectivity index (χ1) is 12.9. The second-order valence-corrected chi connectivity index (χ2v) is 7.56. The third-order valence-electron chi connectivity index (χ3n) is 5.05. The van der Waals surface area contributed by atoms with Crippen LogP contribution >= 0.6 is 0 Å². The van der Waals surface area contributed by atoms with Gasteiger partial charge in [-0.05, 0) is 47.0 Å². The fraction of sp³-hybridized carbons (Fsp3) is 0.870. The number of hydrogen-bond acceptors (Lipinski definition) is 4. The molecule has 0 aliphatic heterocycles. The lowest BCUT2D eigenvalue weighted by Crippen LogP contribution is -2.48. The summed E-state index contributed by atoms with van der Waals surface area (Å²) in [6, 6.07) is 0. The predicted molar refractivity (Wildman–Crippen MR) is 113 cm³/mol. The predicted octanol–water partition coefficient (Wildman–Crippen LogP) is 6.43. The Morgan fingerprint density at radius 3 is 1.93 bits per heavy atom. The van der Waals surface area contributed by atoms with Crippen LogP contribution in [0, 0.1) is 5.92 Å². The van der Waals surface area contributed by atoms with Gasteiger partial charge in [0.15, 0.2) is 5.79 Å². The van der Waals surface area contributed by atoms with Crippen molar-refractivity contribution in [3.05, 3.63) is 12.2 Å². The Morgan fingerprint density at radius 2 is 1.44 bits per heavy atom. The van der Waals surface area contributed by atoms with E-state index in [0.29, 0.717) is 18.8 Å². The number of carbonyl (C=O) groups is 1. The number of ether oxygens (including phenoxy) is 3. The maximum Gasteiger partial charge on any atom is 0.333 e. The molecule has 2 atom stereocenters. The Kier molecular flexibility index (Phi) is 14.6. The van der Waals surface area contributed by atoms with Gasteiger partial charge in [-0.15, -0.1) is 0 Å². The van der Waals surface area contributed by atoms with Crippen molar-refractivity contribution < 1.29 is 19.0 Å². The fourth-order valence-corrected chi connectivity index (χ4v) is 3.57. The first-order valence-electron chi connectivity index (χ1n) is 11.0. The van der Waals surface area contributed by atoms with E-state index in [1.54, 1.807) is 6.92 Å². The monoisotopic (exact) mass is 384 g/mol. The minimum atomic E-state index is -0.748. The zero-order chi connectivity index (χ0) is 20.7. The number of carbonyl (C=O) groups excluding carboxylic acids is 1. The van der Waals surface area contributed by atoms with Crippen molar-refractivity contribution in [2.75, 3.05) is 13.2 Å². The van der Waals surface area contributed by atoms with Gasteiger partial charge in [-0.25, -0.2) is 4.79 Å². The Labute approximate surface area is 168 Å². The van der Waals surface area contributed by atoms with Crippen LogP contribution in [0.1, 0.15) is 99.3 Å². The maximum absolute atomic E-state index is 12.3. The second kappa shape index (κ2) is 15.1. The molecule has 0 aromatic carbocycles. The van der Waals surface area contributed by atoms with Crippen LogP contribution in [-0.4, -0.2) is 31.1 Å². The molecule has 4 heteroatoms. The van der Waals surface area contributed by atoms with Gasteiger partial charge in [-0.3, -0.25) is 0 Å². The van der Waals surface area contributed by atoms with Gasteiger partial charge < -0.3 is 14.2 Å². The van der Waals surface area contributed by atoms with E-state index in [1.807, 2.05) is 20.8 Å². The minimum Gasteiger partial charge on any atom is -0.459 e. The summed E-state index contributed by atoms with van der Waals surface area (Å²) in [5, 5.41) is 0. The van der Waals surface area contributed by atoms with Crippen molar-refractivity contribution in [1.82, 2.24) is 0 Å². The molecule has 0 fully saturated rings. The second-order valence-electron chi connectivity index (χ2n) is 7.56. The minimum absolute atomic E-state index is 0.00632. The van der Waals surface area contributed by atoms with Crippen molar-refractivity contribution in [2.45, 2.75) is 111 Å². The van der Waals surface area contributed by atoms with Crippen LogP contribution in [0.25, 0.3) is 0 Å². The van der Waals surface area contributed by atoms with Crippen LogP contribution in [0.15, 0.2) is 12.2 Å². The Balaban J connectivity index is 5.43. The Hall–Kier alpha value is -0.870. The third kappa shape index (κ3) is 10.3. The van der Waals surface area contributed by atoms with Gasteiger partial charge in [0, 0.05) is 24.7 Å². The molecule has 0 rings (SSSR count). The van der Waals surface area contributed by atoms with Crippen molar-refractivity contribution >= 4 is 5.97 Å². The van der Waals surface area contributed by atoms with Gasteiger partial charge in [-0.2, -0.15) is 0 Å². The van der Waals surface area contributed by atoms with Crippen LogP contribution in [0.5, 0.6) is 0 Å². The molecule has 2 unspecified atom stereocenters. The third-order valence-corrected chi connectivity index (χ3v) is 5.05. The molecular weight excluding hydrogens is 340 g/mol. The normalized spacial score (nSPS) is 14.0. The summed E-state index contributed by atoms with van der Waals surface area (Å²) in [4.78, 5) is 12.3. The number of esters is 1. The lowest BCUT2D eigenvalue weighted by molar-refractivity contribution is -0.270. The summed E-state index contributed by atoms with van der Waals surface area (Å²) in [5.74, 6) is -1.06. The van der Waals surface area contributed by atoms with Crippen molar-refractivity contribution in [2.24, 2.45) is 5.92 Å². The lowest BCUT2D eigenvalue weighted by Gasteiger charge is -2.41. The van der Waals surface area contributed by atoms with Crippen LogP contribution in [0.4, 0.5) is 0 Å². The van der Waals surface area contributed by atoms with Crippen LogP contribution < -0.4 is 0 Å². The van der Waals surface area contributed by atoms with Gasteiger partial charge in [0.05, 0.1) is 0 Å². The number of rotatable bonds is 17. The summed E-state index contributed by atoms with van der Waals surface area (Å²) in [6.45, 7) is 16.9. The van der Waals surface area contributed by atoms with Crippen molar-refractivity contribution in [3.8, 4) is 0 Å². The highest BCUT2D eigenvalue weighted by Crippen LogP contribution is 2.35. The summed E-state index contributed by atoms with van der Waals surface area (Å²) in [7, 11) is 0. The molecule has 0 amide bonds. The molecule has 0 aliphatic rings. The van der Waals surface area contributed by atoms with Gasteiger partial charge >= 0.3 is 5.97 Å². The summed E-state index contributed by atoms with van der Waals surface area (Å²) in [5.41, 5.74) is 0.440. The van der Waals surface area contributed by atoms with E-state index >= 15 is 0 Å². The molecule has 0 N–H and O–H groups in total. The highest BCUT2D eigenvalue weighted by atomic mass is 16.7. The first-order valence-corrected chi connectivity index (χ1v) is 11.0. The van der Waals surface area contributed by atoms with Gasteiger partial charge in [0.25, 0.3) is 0 Å². The molecule has 27 heavy (non-hydrogen) atoms. The molecule has 4 nitrogen and oxygen atoms in total. The van der Waals surface area contributed by atoms with Gasteiger partial charge in [-0.1, -0.05) is 59.0 Å². The van der Waals surface area contributed by atoms with Crippen LogP contribution in [0.3, 0.4) is 0 Å². The summed E-state index contributed by atoms with van der Waals surface area (Å²) >= 11 is 0. The zero-order valence-corrected chi connectivity index (χ0v) is 18.8. The molecule has 0 bridgehead atoms. The highest BCUT2D eigenvalue weighted by molar-refractivity contribution is 5.87. The molecule has 0 saturated carbocycles. The lowest BCUT2D eigenvalue weighted by atomic mass is 9.85. The molecular formula is C23H44O4. The van der Waals surface area contributed by atoms with Crippen LogP contribution in [-0.2, 0) is 19.0 Å². The molecule has 0 aromatic rings.